The summed E-state index contributed by atoms with van der Waals surface area (Å²) in [7, 11) is 0. The van der Waals surface area contributed by atoms with Crippen LogP contribution < -0.4 is 0 Å². The summed E-state index contributed by atoms with van der Waals surface area (Å²) in [5.74, 6) is 0.951. The van der Waals surface area contributed by atoms with Crippen molar-refractivity contribution in [3.05, 3.63) is 182 Å². The first kappa shape index (κ1) is 30.6. The van der Waals surface area contributed by atoms with Crippen molar-refractivity contribution in [1.82, 2.24) is 14.5 Å². The SMILES string of the molecule is Oc1ccccc1-c1cccc(-c2cccc3c2nc(-c2cccc4c2oc2cccc(-c5ccccc5)c24)n3-c2ccccc2-c2ccccc2)n1. The van der Waals surface area contributed by atoms with Gasteiger partial charge in [0.2, 0.25) is 0 Å². The second-order valence-electron chi connectivity index (χ2n) is 13.1. The molecule has 0 spiro atoms. The number of fused-ring (bicyclic) bond motifs is 4. The number of rotatable bonds is 6. The summed E-state index contributed by atoms with van der Waals surface area (Å²) in [5.41, 5.74) is 12.7. The number of hydrogen-bond acceptors (Lipinski definition) is 4. The molecule has 0 aliphatic rings. The number of phenolic OH excluding ortho intramolecular Hbond substituents is 1. The molecule has 10 rings (SSSR count). The van der Waals surface area contributed by atoms with Crippen molar-refractivity contribution in [2.24, 2.45) is 0 Å². The average Bonchev–Trinajstić information content (AvgIpc) is 3.81. The fourth-order valence-electron chi connectivity index (χ4n) is 7.57. The van der Waals surface area contributed by atoms with Gasteiger partial charge in [-0.25, -0.2) is 9.97 Å². The predicted octanol–water partition coefficient (Wildman–Crippen LogP) is 12.4. The number of phenols is 1. The van der Waals surface area contributed by atoms with Crippen LogP contribution in [0.4, 0.5) is 0 Å². The van der Waals surface area contributed by atoms with Gasteiger partial charge in [-0.1, -0.05) is 133 Å². The molecule has 0 aliphatic carbocycles. The molecule has 0 atom stereocenters. The van der Waals surface area contributed by atoms with Crippen molar-refractivity contribution >= 4 is 33.0 Å². The zero-order valence-corrected chi connectivity index (χ0v) is 28.5. The Morgan fingerprint density at radius 1 is 0.453 bits per heavy atom. The van der Waals surface area contributed by atoms with Crippen LogP contribution in [0.15, 0.2) is 186 Å². The van der Waals surface area contributed by atoms with Crippen molar-refractivity contribution in [3.63, 3.8) is 0 Å². The molecule has 0 saturated heterocycles. The van der Waals surface area contributed by atoms with E-state index in [1.807, 2.05) is 54.6 Å². The number of nitrogens with zero attached hydrogens (tertiary/aromatic N) is 3. The van der Waals surface area contributed by atoms with E-state index in [0.29, 0.717) is 11.3 Å². The Kier molecular flexibility index (Phi) is 7.22. The van der Waals surface area contributed by atoms with Crippen molar-refractivity contribution in [1.29, 1.82) is 0 Å². The van der Waals surface area contributed by atoms with Gasteiger partial charge in [0.1, 0.15) is 22.7 Å². The third-order valence-electron chi connectivity index (χ3n) is 9.97. The van der Waals surface area contributed by atoms with Crippen molar-refractivity contribution < 1.29 is 9.52 Å². The number of furan rings is 1. The van der Waals surface area contributed by atoms with Gasteiger partial charge < -0.3 is 9.52 Å². The van der Waals surface area contributed by atoms with Crippen LogP contribution in [0.25, 0.3) is 94.8 Å². The molecule has 0 unspecified atom stereocenters. The van der Waals surface area contributed by atoms with E-state index >= 15 is 0 Å². The molecule has 53 heavy (non-hydrogen) atoms. The molecule has 3 heterocycles. The Balaban J connectivity index is 1.27. The molecule has 250 valence electrons. The lowest BCUT2D eigenvalue weighted by Crippen LogP contribution is -2.00. The van der Waals surface area contributed by atoms with Gasteiger partial charge in [-0.15, -0.1) is 0 Å². The van der Waals surface area contributed by atoms with E-state index in [1.54, 1.807) is 6.07 Å². The van der Waals surface area contributed by atoms with Gasteiger partial charge in [-0.05, 0) is 65.2 Å². The summed E-state index contributed by atoms with van der Waals surface area (Å²) in [6.07, 6.45) is 0. The monoisotopic (exact) mass is 681 g/mol. The number of hydrogen-bond donors (Lipinski definition) is 1. The predicted molar refractivity (Wildman–Crippen MR) is 215 cm³/mol. The maximum Gasteiger partial charge on any atom is 0.149 e. The minimum absolute atomic E-state index is 0.189. The molecule has 0 saturated carbocycles. The third-order valence-corrected chi connectivity index (χ3v) is 9.97. The van der Waals surface area contributed by atoms with E-state index in [4.69, 9.17) is 14.4 Å². The van der Waals surface area contributed by atoms with Crippen LogP contribution in [0, 0.1) is 0 Å². The molecule has 0 fully saturated rings. The fraction of sp³-hybridized carbons (Fsp3) is 0. The van der Waals surface area contributed by atoms with Gasteiger partial charge in [0.05, 0.1) is 33.7 Å². The number of aromatic nitrogens is 3. The Labute approximate surface area is 305 Å². The Morgan fingerprint density at radius 3 is 1.83 bits per heavy atom. The quantitative estimate of drug-likeness (QED) is 0.190. The molecular weight excluding hydrogens is 651 g/mol. The van der Waals surface area contributed by atoms with Gasteiger partial charge in [-0.3, -0.25) is 4.57 Å². The third kappa shape index (κ3) is 5.09. The summed E-state index contributed by atoms with van der Waals surface area (Å²) >= 11 is 0. The van der Waals surface area contributed by atoms with Crippen LogP contribution in [0.1, 0.15) is 0 Å². The first-order chi connectivity index (χ1) is 26.2. The highest BCUT2D eigenvalue weighted by Gasteiger charge is 2.24. The topological polar surface area (TPSA) is 64.1 Å². The molecule has 7 aromatic carbocycles. The highest BCUT2D eigenvalue weighted by atomic mass is 16.3. The van der Waals surface area contributed by atoms with Crippen LogP contribution in [0.3, 0.4) is 0 Å². The van der Waals surface area contributed by atoms with Crippen LogP contribution in [-0.2, 0) is 0 Å². The molecular formula is C48H31N3O2. The second kappa shape index (κ2) is 12.5. The largest absolute Gasteiger partial charge is 0.507 e. The van der Waals surface area contributed by atoms with Gasteiger partial charge in [-0.2, -0.15) is 0 Å². The van der Waals surface area contributed by atoms with Gasteiger partial charge in [0.15, 0.2) is 0 Å². The molecule has 0 radical (unpaired) electrons. The van der Waals surface area contributed by atoms with Gasteiger partial charge in [0.25, 0.3) is 0 Å². The molecule has 0 aliphatic heterocycles. The van der Waals surface area contributed by atoms with Crippen molar-refractivity contribution in [3.8, 4) is 67.6 Å². The average molecular weight is 682 g/mol. The zero-order chi connectivity index (χ0) is 35.3. The Morgan fingerprint density at radius 2 is 1.04 bits per heavy atom. The standard InChI is InChI=1S/C48H31N3O2/c52-43-29-10-8-20-35(43)39-25-14-26-40(49-39)36-22-12-28-42-46(36)50-48(51(42)41-27-9-7-19-33(41)31-15-3-1-4-16-31)38-24-11-23-37-45-34(32-17-5-2-6-18-32)21-13-30-44(45)53-47(37)38/h1-30,52H. The lowest BCUT2D eigenvalue weighted by atomic mass is 9.98. The highest BCUT2D eigenvalue weighted by Crippen LogP contribution is 2.43. The first-order valence-corrected chi connectivity index (χ1v) is 17.6. The van der Waals surface area contributed by atoms with Crippen molar-refractivity contribution in [2.45, 2.75) is 0 Å². The maximum absolute atomic E-state index is 10.7. The number of imidazole rings is 1. The fourth-order valence-corrected chi connectivity index (χ4v) is 7.57. The Bertz CT molecular complexity index is 2960. The number of para-hydroxylation sites is 4. The lowest BCUT2D eigenvalue weighted by Gasteiger charge is -2.15. The van der Waals surface area contributed by atoms with E-state index in [-0.39, 0.29) is 5.75 Å². The van der Waals surface area contributed by atoms with Crippen LogP contribution in [0.2, 0.25) is 0 Å². The molecule has 5 nitrogen and oxygen atoms in total. The first-order valence-electron chi connectivity index (χ1n) is 17.6. The van der Waals surface area contributed by atoms with Crippen LogP contribution >= 0.6 is 0 Å². The van der Waals surface area contributed by atoms with E-state index in [9.17, 15) is 5.11 Å². The van der Waals surface area contributed by atoms with Gasteiger partial charge >= 0.3 is 0 Å². The van der Waals surface area contributed by atoms with E-state index in [2.05, 4.69) is 126 Å². The molecule has 10 aromatic rings. The smallest absolute Gasteiger partial charge is 0.149 e. The van der Waals surface area contributed by atoms with E-state index in [1.165, 1.54) is 0 Å². The van der Waals surface area contributed by atoms with E-state index < -0.39 is 0 Å². The summed E-state index contributed by atoms with van der Waals surface area (Å²) in [6, 6.07) is 61.4. The summed E-state index contributed by atoms with van der Waals surface area (Å²) < 4.78 is 9.06. The second-order valence-corrected chi connectivity index (χ2v) is 13.1. The lowest BCUT2D eigenvalue weighted by molar-refractivity contribution is 0.477. The van der Waals surface area contributed by atoms with Crippen molar-refractivity contribution in [2.75, 3.05) is 0 Å². The Hall–Kier alpha value is -7.24. The van der Waals surface area contributed by atoms with Gasteiger partial charge in [0, 0.05) is 27.5 Å². The number of pyridine rings is 1. The zero-order valence-electron chi connectivity index (χ0n) is 28.5. The van der Waals surface area contributed by atoms with Crippen LogP contribution in [-0.4, -0.2) is 19.6 Å². The minimum Gasteiger partial charge on any atom is -0.507 e. The number of aromatic hydroxyl groups is 1. The van der Waals surface area contributed by atoms with E-state index in [0.717, 1.165) is 83.6 Å². The summed E-state index contributed by atoms with van der Waals surface area (Å²) in [5, 5.41) is 12.8. The van der Waals surface area contributed by atoms with Crippen LogP contribution in [0.5, 0.6) is 5.75 Å². The maximum atomic E-state index is 10.7. The highest BCUT2D eigenvalue weighted by molar-refractivity contribution is 6.15. The molecule has 5 heteroatoms. The number of benzene rings is 7. The minimum atomic E-state index is 0.189. The summed E-state index contributed by atoms with van der Waals surface area (Å²) in [6.45, 7) is 0. The normalized spacial score (nSPS) is 11.5. The molecule has 0 bridgehead atoms. The summed E-state index contributed by atoms with van der Waals surface area (Å²) in [4.78, 5) is 10.6. The molecule has 0 amide bonds. The molecule has 1 N–H and O–H groups in total. The molecule has 3 aromatic heterocycles.